The molecule has 0 radical (unpaired) electrons. The maximum absolute atomic E-state index is 8.52. The fraction of sp³-hybridized carbons (Fsp3) is 0. The average Bonchev–Trinajstić information content (AvgIpc) is 3.04. The van der Waals surface area contributed by atoms with Crippen LogP contribution in [0.3, 0.4) is 0 Å². The summed E-state index contributed by atoms with van der Waals surface area (Å²) in [4.78, 5) is 0. The number of hydrogen-bond donors (Lipinski definition) is 0. The fourth-order valence-electron chi connectivity index (χ4n) is 4.36. The van der Waals surface area contributed by atoms with Crippen molar-refractivity contribution in [3.63, 3.8) is 0 Å². The molecule has 0 saturated heterocycles. The van der Waals surface area contributed by atoms with Crippen molar-refractivity contribution in [2.24, 2.45) is 0 Å². The van der Waals surface area contributed by atoms with Crippen LogP contribution in [0.2, 0.25) is 0 Å². The number of benzene rings is 6. The van der Waals surface area contributed by atoms with Crippen LogP contribution in [0.25, 0.3) is 0 Å². The molecular weight excluding hydrogens is 697 g/mol. The summed E-state index contributed by atoms with van der Waals surface area (Å²) in [6.45, 7) is 0. The predicted molar refractivity (Wildman–Crippen MR) is 181 cm³/mol. The van der Waals surface area contributed by atoms with E-state index < -0.39 is 26.2 Å². The van der Waals surface area contributed by atoms with E-state index in [1.54, 1.807) is 0 Å². The Morgan fingerprint density at radius 3 is 0.545 bits per heavy atom. The normalized spacial score (nSPS) is 10.5. The summed E-state index contributed by atoms with van der Waals surface area (Å²) in [7, 11) is -6.06. The Morgan fingerprint density at radius 2 is 0.432 bits per heavy atom. The van der Waals surface area contributed by atoms with Gasteiger partial charge in [-0.15, -0.1) is 0 Å². The van der Waals surface area contributed by atoms with Crippen LogP contribution in [0.4, 0.5) is 0 Å². The van der Waals surface area contributed by atoms with Gasteiger partial charge in [-0.25, -0.2) is 0 Å². The van der Waals surface area contributed by atoms with Crippen molar-refractivity contribution in [3.8, 4) is 0 Å². The van der Waals surface area contributed by atoms with Gasteiger partial charge in [-0.3, -0.25) is 8.42 Å². The first-order valence-corrected chi connectivity index (χ1v) is 17.5. The van der Waals surface area contributed by atoms with Gasteiger partial charge in [0, 0.05) is 10.4 Å². The Labute approximate surface area is 276 Å². The van der Waals surface area contributed by atoms with Crippen LogP contribution in [0, 0.1) is 0 Å². The van der Waals surface area contributed by atoms with Crippen LogP contribution < -0.4 is 31.8 Å². The largest absolute Gasteiger partial charge is 2.00 e. The zero-order valence-corrected chi connectivity index (χ0v) is 27.7. The minimum absolute atomic E-state index is 0. The molecule has 0 unspecified atom stereocenters. The topological polar surface area (TPSA) is 80.3 Å². The van der Waals surface area contributed by atoms with Gasteiger partial charge in [-0.05, 0) is 47.7 Å². The van der Waals surface area contributed by atoms with Crippen molar-refractivity contribution in [1.29, 1.82) is 0 Å². The zero-order chi connectivity index (χ0) is 30.3. The Kier molecular flexibility index (Phi) is 14.8. The summed E-state index contributed by atoms with van der Waals surface area (Å²) in [6, 6.07) is 64.7. The maximum atomic E-state index is 8.52. The summed E-state index contributed by atoms with van der Waals surface area (Å²) >= 11 is 0. The zero-order valence-electron chi connectivity index (χ0n) is 23.6. The molecule has 44 heavy (non-hydrogen) atoms. The Hall–Kier alpha value is -3.29. The van der Waals surface area contributed by atoms with E-state index in [-0.39, 0.29) is 20.4 Å². The van der Waals surface area contributed by atoms with Gasteiger partial charge in [0.05, 0.1) is 0 Å². The van der Waals surface area contributed by atoms with E-state index in [4.69, 9.17) is 17.5 Å². The smallest absolute Gasteiger partial charge is 0.759 e. The third-order valence-electron chi connectivity index (χ3n) is 6.09. The molecule has 0 bridgehead atoms. The molecule has 0 N–H and O–H groups in total. The fourth-order valence-corrected chi connectivity index (χ4v) is 8.97. The summed E-state index contributed by atoms with van der Waals surface area (Å²) in [5.41, 5.74) is 0. The molecule has 6 aromatic rings. The molecule has 0 aromatic heterocycles. The van der Waals surface area contributed by atoms with E-state index in [0.717, 1.165) is 0 Å². The van der Waals surface area contributed by atoms with Crippen molar-refractivity contribution >= 4 is 58.1 Å². The Balaban J connectivity index is 0.000000205. The van der Waals surface area contributed by atoms with Gasteiger partial charge < -0.3 is 9.11 Å². The van der Waals surface area contributed by atoms with Gasteiger partial charge in [-0.2, -0.15) is 0 Å². The molecule has 0 saturated carbocycles. The minimum atomic E-state index is -5.17. The van der Waals surface area contributed by atoms with E-state index in [1.807, 2.05) is 0 Å². The van der Waals surface area contributed by atoms with Gasteiger partial charge in [-0.1, -0.05) is 182 Å². The summed E-state index contributed by atoms with van der Waals surface area (Å²) in [5.74, 6) is 0. The SMILES string of the molecule is O=S(=O)([O-])[O-].[Pd+2].c1ccc(P(c2ccccc2)c2ccccc2)cc1.c1ccc(P(c2ccccc2)c2ccccc2)cc1. The van der Waals surface area contributed by atoms with Crippen LogP contribution in [-0.4, -0.2) is 17.5 Å². The van der Waals surface area contributed by atoms with E-state index in [2.05, 4.69) is 182 Å². The predicted octanol–water partition coefficient (Wildman–Crippen LogP) is 5.55. The van der Waals surface area contributed by atoms with Crippen molar-refractivity contribution in [2.45, 2.75) is 0 Å². The van der Waals surface area contributed by atoms with E-state index in [9.17, 15) is 0 Å². The minimum Gasteiger partial charge on any atom is -0.759 e. The van der Waals surface area contributed by atoms with Gasteiger partial charge in [0.15, 0.2) is 0 Å². The maximum Gasteiger partial charge on any atom is 2.00 e. The van der Waals surface area contributed by atoms with Gasteiger partial charge >= 0.3 is 20.4 Å². The summed E-state index contributed by atoms with van der Waals surface area (Å²) in [5, 5.41) is 8.39. The molecule has 0 spiro atoms. The monoisotopic (exact) mass is 726 g/mol. The quantitative estimate of drug-likeness (QED) is 0.0977. The van der Waals surface area contributed by atoms with Crippen molar-refractivity contribution in [3.05, 3.63) is 182 Å². The molecule has 224 valence electrons. The first kappa shape index (κ1) is 35.2. The van der Waals surface area contributed by atoms with Crippen LogP contribution in [0.1, 0.15) is 0 Å². The van der Waals surface area contributed by atoms with Crippen molar-refractivity contribution in [2.75, 3.05) is 0 Å². The molecule has 0 atom stereocenters. The third-order valence-corrected chi connectivity index (χ3v) is 11.0. The molecule has 6 aromatic carbocycles. The van der Waals surface area contributed by atoms with Crippen molar-refractivity contribution in [1.82, 2.24) is 0 Å². The summed E-state index contributed by atoms with van der Waals surface area (Å²) in [6.07, 6.45) is 0. The molecule has 8 heteroatoms. The van der Waals surface area contributed by atoms with E-state index in [0.29, 0.717) is 0 Å². The second-order valence-corrected chi connectivity index (χ2v) is 14.3. The van der Waals surface area contributed by atoms with Crippen LogP contribution >= 0.6 is 15.8 Å². The van der Waals surface area contributed by atoms with Crippen LogP contribution in [0.5, 0.6) is 0 Å². The standard InChI is InChI=1S/2C18H15P.H2O4S.Pd/c2*1-4-10-16(11-5-1)19(17-12-6-2-7-13-17)18-14-8-3-9-15-18;1-5(2,3)4;/h2*1-15H;(H2,1,2,3,4);/q;;;+2/p-2. The third kappa shape index (κ3) is 11.7. The first-order chi connectivity index (χ1) is 20.9. The number of rotatable bonds is 6. The molecule has 0 aliphatic heterocycles. The molecule has 0 aliphatic carbocycles. The van der Waals surface area contributed by atoms with E-state index >= 15 is 0 Å². The van der Waals surface area contributed by atoms with Gasteiger partial charge in [0.25, 0.3) is 0 Å². The van der Waals surface area contributed by atoms with E-state index in [1.165, 1.54) is 31.8 Å². The average molecular weight is 727 g/mol. The second-order valence-electron chi connectivity index (χ2n) is 9.09. The molecule has 0 amide bonds. The first-order valence-electron chi connectivity index (χ1n) is 13.5. The van der Waals surface area contributed by atoms with Gasteiger partial charge in [0.1, 0.15) is 0 Å². The Bertz CT molecular complexity index is 1420. The van der Waals surface area contributed by atoms with Crippen LogP contribution in [0.15, 0.2) is 182 Å². The molecule has 4 nitrogen and oxygen atoms in total. The second kappa shape index (κ2) is 18.5. The molecule has 0 heterocycles. The molecule has 0 aliphatic rings. The van der Waals surface area contributed by atoms with Crippen molar-refractivity contribution < 1.29 is 37.9 Å². The summed E-state index contributed by atoms with van der Waals surface area (Å²) < 4.78 is 34.1. The van der Waals surface area contributed by atoms with Gasteiger partial charge in [0.2, 0.25) is 0 Å². The Morgan fingerprint density at radius 1 is 0.318 bits per heavy atom. The number of hydrogen-bond acceptors (Lipinski definition) is 4. The van der Waals surface area contributed by atoms with Crippen LogP contribution in [-0.2, 0) is 30.8 Å². The molecule has 0 fully saturated rings. The molecular formula is C36H30O4P2PdS. The molecule has 6 rings (SSSR count).